The number of aliphatic hydroxyl groups excluding tert-OH is 2. The second-order valence-corrected chi connectivity index (χ2v) is 10.4. The first-order valence-electron chi connectivity index (χ1n) is 10.1. The smallest absolute Gasteiger partial charge is 0.297 e. The summed E-state index contributed by atoms with van der Waals surface area (Å²) in [5.74, 6) is 0.504. The monoisotopic (exact) mass is 480 g/mol. The van der Waals surface area contributed by atoms with Crippen LogP contribution in [0.15, 0.2) is 36.7 Å². The van der Waals surface area contributed by atoms with E-state index in [1.807, 2.05) is 28.9 Å². The first-order chi connectivity index (χ1) is 15.4. The molecule has 3 aromatic rings. The van der Waals surface area contributed by atoms with Gasteiger partial charge in [0.2, 0.25) is 0 Å². The van der Waals surface area contributed by atoms with Crippen molar-refractivity contribution in [2.45, 2.75) is 6.61 Å². The van der Waals surface area contributed by atoms with Crippen LogP contribution in [-0.2, 0) is 15.7 Å². The molecular formula is C21H26ClN4O5P. The number of hydrogen-bond donors (Lipinski definition) is 2. The number of pyridine rings is 1. The van der Waals surface area contributed by atoms with Gasteiger partial charge in [0.05, 0.1) is 24.4 Å². The molecule has 2 aromatic heterocycles. The molecule has 11 heteroatoms. The average molecular weight is 481 g/mol. The minimum Gasteiger partial charge on any atom is -0.495 e. The van der Waals surface area contributed by atoms with E-state index in [4.69, 9.17) is 25.8 Å². The second-order valence-electron chi connectivity index (χ2n) is 7.48. The van der Waals surface area contributed by atoms with E-state index in [1.54, 1.807) is 16.8 Å². The molecule has 0 spiro atoms. The zero-order valence-electron chi connectivity index (χ0n) is 17.9. The number of halogens is 1. The molecule has 32 heavy (non-hydrogen) atoms. The van der Waals surface area contributed by atoms with Gasteiger partial charge in [-0.1, -0.05) is 11.6 Å². The van der Waals surface area contributed by atoms with Gasteiger partial charge < -0.3 is 28.8 Å². The Balaban J connectivity index is 1.59. The summed E-state index contributed by atoms with van der Waals surface area (Å²) >= 11 is 6.30. The molecule has 1 atom stereocenters. The minimum absolute atomic E-state index is 0.161. The lowest BCUT2D eigenvalue weighted by molar-refractivity contribution is 0.252. The van der Waals surface area contributed by atoms with Gasteiger partial charge in [0.1, 0.15) is 17.7 Å². The number of anilines is 1. The fourth-order valence-electron chi connectivity index (χ4n) is 3.94. The molecular weight excluding hydrogens is 455 g/mol. The third kappa shape index (κ3) is 4.24. The largest absolute Gasteiger partial charge is 0.495 e. The van der Waals surface area contributed by atoms with Gasteiger partial charge in [0.15, 0.2) is 0 Å². The number of aromatic nitrogens is 2. The summed E-state index contributed by atoms with van der Waals surface area (Å²) in [5.41, 5.74) is 3.88. The minimum atomic E-state index is -3.16. The van der Waals surface area contributed by atoms with Gasteiger partial charge in [-0.15, -0.1) is 0 Å². The third-order valence-electron chi connectivity index (χ3n) is 5.78. The van der Waals surface area contributed by atoms with Gasteiger partial charge in [-0.3, -0.25) is 4.57 Å². The summed E-state index contributed by atoms with van der Waals surface area (Å²) in [6.07, 6.45) is 3.34. The molecule has 2 N–H and O–H groups in total. The van der Waals surface area contributed by atoms with Gasteiger partial charge in [0, 0.05) is 63.0 Å². The fraction of sp³-hybridized carbons (Fsp3) is 0.381. The highest BCUT2D eigenvalue weighted by Gasteiger charge is 2.32. The van der Waals surface area contributed by atoms with Crippen molar-refractivity contribution in [1.82, 2.24) is 14.1 Å². The number of imidazole rings is 1. The van der Waals surface area contributed by atoms with E-state index in [9.17, 15) is 14.8 Å². The number of piperazine rings is 1. The summed E-state index contributed by atoms with van der Waals surface area (Å²) in [6, 6.07) is 7.47. The van der Waals surface area contributed by atoms with Crippen molar-refractivity contribution in [3.05, 3.63) is 47.2 Å². The van der Waals surface area contributed by atoms with Crippen molar-refractivity contribution in [2.75, 3.05) is 51.6 Å². The highest BCUT2D eigenvalue weighted by Crippen LogP contribution is 2.49. The zero-order valence-corrected chi connectivity index (χ0v) is 19.6. The molecule has 1 saturated heterocycles. The van der Waals surface area contributed by atoms with Gasteiger partial charge in [-0.25, -0.2) is 9.65 Å². The molecule has 0 bridgehead atoms. The number of methoxy groups -OCH3 is 1. The van der Waals surface area contributed by atoms with Crippen LogP contribution >= 0.6 is 19.1 Å². The van der Waals surface area contributed by atoms with E-state index in [1.165, 1.54) is 14.2 Å². The van der Waals surface area contributed by atoms with Crippen LogP contribution in [0.4, 0.5) is 5.69 Å². The summed E-state index contributed by atoms with van der Waals surface area (Å²) in [6.45, 7) is 2.20. The Morgan fingerprint density at radius 1 is 1.16 bits per heavy atom. The Morgan fingerprint density at radius 2 is 1.91 bits per heavy atom. The lowest BCUT2D eigenvalue weighted by Crippen LogP contribution is -2.45. The summed E-state index contributed by atoms with van der Waals surface area (Å²) in [4.78, 5) is 6.93. The third-order valence-corrected chi connectivity index (χ3v) is 8.27. The van der Waals surface area contributed by atoms with Crippen molar-refractivity contribution in [3.63, 3.8) is 0 Å². The number of aliphatic hydroxyl groups is 2. The van der Waals surface area contributed by atoms with E-state index >= 15 is 0 Å². The summed E-state index contributed by atoms with van der Waals surface area (Å²) in [5, 5.41) is 19.7. The van der Waals surface area contributed by atoms with E-state index < -0.39 is 13.9 Å². The molecule has 4 rings (SSSR count). The van der Waals surface area contributed by atoms with Gasteiger partial charge in [-0.05, 0) is 23.8 Å². The molecule has 9 nitrogen and oxygen atoms in total. The number of hydrogen-bond acceptors (Lipinski definition) is 7. The zero-order chi connectivity index (χ0) is 22.9. The Labute approximate surface area is 191 Å². The average Bonchev–Trinajstić information content (AvgIpc) is 3.26. The molecule has 1 aromatic carbocycles. The number of nitrogens with zero attached hydrogens (tertiary/aromatic N) is 4. The van der Waals surface area contributed by atoms with Crippen molar-refractivity contribution >= 4 is 30.5 Å². The van der Waals surface area contributed by atoms with Crippen molar-refractivity contribution in [2.24, 2.45) is 0 Å². The SMILES string of the molecule is COc1cc(CO)c(-c2cn3ccc(N4CCN(P(=O)(CO)OC)CC4)cc3n2)cc1Cl. The second kappa shape index (κ2) is 9.39. The molecule has 1 fully saturated rings. The molecule has 0 radical (unpaired) electrons. The molecule has 0 amide bonds. The lowest BCUT2D eigenvalue weighted by atomic mass is 10.1. The van der Waals surface area contributed by atoms with E-state index in [0.717, 1.165) is 16.9 Å². The van der Waals surface area contributed by atoms with E-state index in [-0.39, 0.29) is 6.61 Å². The van der Waals surface area contributed by atoms with Crippen molar-refractivity contribution in [3.8, 4) is 17.0 Å². The highest BCUT2D eigenvalue weighted by atomic mass is 35.5. The fourth-order valence-corrected chi connectivity index (χ4v) is 5.49. The standard InChI is InChI=1S/C21H26ClN4O5P/c1-30-20-9-15(13-27)17(11-18(20)22)19-12-25-4-3-16(10-21(25)23-19)24-5-7-26(8-6-24)32(29,14-28)31-2/h3-4,9-12,27-28H,5-8,13-14H2,1-2H3. The van der Waals surface area contributed by atoms with Crippen molar-refractivity contribution in [1.29, 1.82) is 0 Å². The Bertz CT molecular complexity index is 1150. The molecule has 0 saturated carbocycles. The van der Waals surface area contributed by atoms with E-state index in [2.05, 4.69) is 4.90 Å². The number of rotatable bonds is 7. The molecule has 0 aliphatic carbocycles. The van der Waals surface area contributed by atoms with Crippen molar-refractivity contribution < 1.29 is 24.0 Å². The topological polar surface area (TPSA) is 99.8 Å². The Morgan fingerprint density at radius 3 is 2.53 bits per heavy atom. The maximum absolute atomic E-state index is 12.6. The first kappa shape index (κ1) is 23.0. The normalized spacial score (nSPS) is 17.0. The summed E-state index contributed by atoms with van der Waals surface area (Å²) < 4.78 is 26.5. The highest BCUT2D eigenvalue weighted by molar-refractivity contribution is 7.56. The first-order valence-corrected chi connectivity index (χ1v) is 12.3. The lowest BCUT2D eigenvalue weighted by Gasteiger charge is -2.38. The number of benzene rings is 1. The van der Waals surface area contributed by atoms with Crippen LogP contribution in [0.2, 0.25) is 5.02 Å². The van der Waals surface area contributed by atoms with Crippen LogP contribution in [0.1, 0.15) is 5.56 Å². The molecule has 3 heterocycles. The van der Waals surface area contributed by atoms with E-state index in [0.29, 0.717) is 48.2 Å². The maximum Gasteiger partial charge on any atom is 0.297 e. The number of fused-ring (bicyclic) bond motifs is 1. The molecule has 1 aliphatic heterocycles. The molecule has 1 aliphatic rings. The number of ether oxygens (including phenoxy) is 1. The van der Waals surface area contributed by atoms with Crippen LogP contribution in [0.5, 0.6) is 5.75 Å². The van der Waals surface area contributed by atoms with Crippen LogP contribution in [0.25, 0.3) is 16.9 Å². The van der Waals surface area contributed by atoms with Gasteiger partial charge in [-0.2, -0.15) is 0 Å². The maximum atomic E-state index is 12.6. The molecule has 1 unspecified atom stereocenters. The van der Waals surface area contributed by atoms with Gasteiger partial charge >= 0.3 is 0 Å². The quantitative estimate of drug-likeness (QED) is 0.498. The molecule has 172 valence electrons. The van der Waals surface area contributed by atoms with Gasteiger partial charge in [0.25, 0.3) is 7.52 Å². The van der Waals surface area contributed by atoms with Crippen LogP contribution in [-0.4, -0.2) is 71.0 Å². The predicted molar refractivity (Wildman–Crippen MR) is 124 cm³/mol. The summed E-state index contributed by atoms with van der Waals surface area (Å²) in [7, 11) is -0.257. The Kier molecular flexibility index (Phi) is 6.76. The predicted octanol–water partition coefficient (Wildman–Crippen LogP) is 3.07. The van der Waals surface area contributed by atoms with Crippen LogP contribution in [0.3, 0.4) is 0 Å². The Hall–Kier alpha value is -2.13. The van der Waals surface area contributed by atoms with Crippen LogP contribution in [0, 0.1) is 0 Å². The van der Waals surface area contributed by atoms with Crippen LogP contribution < -0.4 is 9.64 Å².